The molecule has 0 saturated carbocycles. The zero-order chi connectivity index (χ0) is 19.8. The van der Waals surface area contributed by atoms with Crippen LogP contribution in [0.25, 0.3) is 22.3 Å². The monoisotopic (exact) mass is 377 g/mol. The molecule has 5 nitrogen and oxygen atoms in total. The molecule has 2 unspecified atom stereocenters. The fraction of sp³-hybridized carbons (Fsp3) is 0.304. The number of fused-ring (bicyclic) bond motifs is 1. The molecule has 1 fully saturated rings. The summed E-state index contributed by atoms with van der Waals surface area (Å²) in [6, 6.07) is 14.7. The molecule has 4 rings (SSSR count). The Labute approximate surface area is 163 Å². The summed E-state index contributed by atoms with van der Waals surface area (Å²) in [5, 5.41) is 0.428. The maximum Gasteiger partial charge on any atom is 0.257 e. The minimum Gasteiger partial charge on any atom is -0.455 e. The third-order valence-electron chi connectivity index (χ3n) is 5.12. The van der Waals surface area contributed by atoms with Crippen LogP contribution >= 0.6 is 0 Å². The summed E-state index contributed by atoms with van der Waals surface area (Å²) < 4.78 is 11.9. The van der Waals surface area contributed by atoms with Crippen molar-refractivity contribution < 1.29 is 13.9 Å². The van der Waals surface area contributed by atoms with Crippen molar-refractivity contribution in [2.45, 2.75) is 33.0 Å². The lowest BCUT2D eigenvalue weighted by Crippen LogP contribution is -2.48. The van der Waals surface area contributed by atoms with Crippen molar-refractivity contribution >= 4 is 16.9 Å². The third kappa shape index (κ3) is 3.22. The van der Waals surface area contributed by atoms with Gasteiger partial charge in [-0.25, -0.2) is 0 Å². The number of hydrogen-bond donors (Lipinski definition) is 0. The summed E-state index contributed by atoms with van der Waals surface area (Å²) in [5.41, 5.74) is 1.99. The highest BCUT2D eigenvalue weighted by Gasteiger charge is 2.28. The average molecular weight is 377 g/mol. The zero-order valence-corrected chi connectivity index (χ0v) is 16.3. The largest absolute Gasteiger partial charge is 0.455 e. The van der Waals surface area contributed by atoms with Crippen molar-refractivity contribution in [2.75, 3.05) is 13.1 Å². The minimum absolute atomic E-state index is 0.0307. The minimum atomic E-state index is -0.140. The zero-order valence-electron chi connectivity index (χ0n) is 16.3. The van der Waals surface area contributed by atoms with Crippen LogP contribution in [0.1, 0.15) is 29.8 Å². The van der Waals surface area contributed by atoms with Crippen LogP contribution in [0.15, 0.2) is 57.7 Å². The molecule has 144 valence electrons. The van der Waals surface area contributed by atoms with Gasteiger partial charge in [-0.15, -0.1) is 0 Å². The van der Waals surface area contributed by atoms with E-state index < -0.39 is 0 Å². The molecule has 1 amide bonds. The lowest BCUT2D eigenvalue weighted by molar-refractivity contribution is -0.0585. The smallest absolute Gasteiger partial charge is 0.257 e. The second-order valence-corrected chi connectivity index (χ2v) is 7.40. The Kier molecular flexibility index (Phi) is 4.77. The molecule has 2 aromatic carbocycles. The van der Waals surface area contributed by atoms with Crippen molar-refractivity contribution in [3.63, 3.8) is 0 Å². The molecule has 3 aromatic rings. The SMILES string of the molecule is Cc1c(-c2ccccc2)oc2c(C(=O)N3CC(C)OC(C)C3)cccc2c1=O. The summed E-state index contributed by atoms with van der Waals surface area (Å²) in [4.78, 5) is 28.0. The summed E-state index contributed by atoms with van der Waals surface area (Å²) in [5.74, 6) is 0.362. The number of carbonyl (C=O) groups excluding carboxylic acids is 1. The Hall–Kier alpha value is -2.92. The molecule has 0 aliphatic carbocycles. The average Bonchev–Trinajstić information content (AvgIpc) is 2.69. The molecule has 0 bridgehead atoms. The maximum absolute atomic E-state index is 13.3. The number of benzene rings is 2. The molecule has 1 aromatic heterocycles. The van der Waals surface area contributed by atoms with E-state index in [2.05, 4.69) is 0 Å². The lowest BCUT2D eigenvalue weighted by Gasteiger charge is -2.35. The number of nitrogens with zero attached hydrogens (tertiary/aromatic N) is 1. The van der Waals surface area contributed by atoms with E-state index in [1.807, 2.05) is 44.2 Å². The van der Waals surface area contributed by atoms with Crippen LogP contribution in [0, 0.1) is 6.92 Å². The molecule has 28 heavy (non-hydrogen) atoms. The van der Waals surface area contributed by atoms with Crippen LogP contribution in [0.3, 0.4) is 0 Å². The van der Waals surface area contributed by atoms with Gasteiger partial charge in [0.25, 0.3) is 5.91 Å². The molecule has 0 spiro atoms. The predicted octanol–water partition coefficient (Wildman–Crippen LogP) is 4.02. The highest BCUT2D eigenvalue weighted by molar-refractivity contribution is 6.05. The van der Waals surface area contributed by atoms with Crippen LogP contribution in [0.2, 0.25) is 0 Å². The van der Waals surface area contributed by atoms with Crippen LogP contribution in [-0.2, 0) is 4.74 Å². The Balaban J connectivity index is 1.87. The number of carbonyl (C=O) groups is 1. The van der Waals surface area contributed by atoms with Gasteiger partial charge >= 0.3 is 0 Å². The molecular formula is C23H23NO4. The van der Waals surface area contributed by atoms with Crippen molar-refractivity contribution in [2.24, 2.45) is 0 Å². The Morgan fingerprint density at radius 3 is 2.36 bits per heavy atom. The maximum atomic E-state index is 13.3. The highest BCUT2D eigenvalue weighted by atomic mass is 16.5. The number of morpholine rings is 1. The van der Waals surface area contributed by atoms with Gasteiger partial charge in [-0.05, 0) is 32.9 Å². The molecule has 5 heteroatoms. The van der Waals surface area contributed by atoms with Crippen molar-refractivity contribution in [1.82, 2.24) is 4.90 Å². The van der Waals surface area contributed by atoms with Crippen molar-refractivity contribution in [1.29, 1.82) is 0 Å². The van der Waals surface area contributed by atoms with E-state index in [1.54, 1.807) is 30.0 Å². The molecule has 1 aliphatic heterocycles. The fourth-order valence-corrected chi connectivity index (χ4v) is 3.86. The van der Waals surface area contributed by atoms with E-state index in [4.69, 9.17) is 9.15 Å². The van der Waals surface area contributed by atoms with Gasteiger partial charge in [-0.3, -0.25) is 9.59 Å². The van der Waals surface area contributed by atoms with Crippen LogP contribution in [-0.4, -0.2) is 36.1 Å². The molecule has 2 atom stereocenters. The van der Waals surface area contributed by atoms with Gasteiger partial charge in [0.05, 0.1) is 23.2 Å². The second-order valence-electron chi connectivity index (χ2n) is 7.40. The summed E-state index contributed by atoms with van der Waals surface area (Å²) in [7, 11) is 0. The van der Waals surface area contributed by atoms with Gasteiger partial charge in [0.15, 0.2) is 11.0 Å². The van der Waals surface area contributed by atoms with Gasteiger partial charge in [0.2, 0.25) is 0 Å². The van der Waals surface area contributed by atoms with Gasteiger partial charge < -0.3 is 14.1 Å². The first kappa shape index (κ1) is 18.4. The first-order valence-corrected chi connectivity index (χ1v) is 9.52. The van der Waals surface area contributed by atoms with Gasteiger partial charge in [0, 0.05) is 24.2 Å². The van der Waals surface area contributed by atoms with E-state index >= 15 is 0 Å². The summed E-state index contributed by atoms with van der Waals surface area (Å²) in [6.07, 6.45) is -0.0615. The van der Waals surface area contributed by atoms with E-state index in [0.717, 1.165) is 5.56 Å². The quantitative estimate of drug-likeness (QED) is 0.677. The predicted molar refractivity (Wildman–Crippen MR) is 109 cm³/mol. The van der Waals surface area contributed by atoms with Gasteiger partial charge in [0.1, 0.15) is 5.76 Å². The first-order chi connectivity index (χ1) is 13.5. The van der Waals surface area contributed by atoms with Gasteiger partial charge in [-0.2, -0.15) is 0 Å². The summed E-state index contributed by atoms with van der Waals surface area (Å²) in [6.45, 7) is 6.70. The van der Waals surface area contributed by atoms with Gasteiger partial charge in [-0.1, -0.05) is 36.4 Å². The fourth-order valence-electron chi connectivity index (χ4n) is 3.86. The van der Waals surface area contributed by atoms with Crippen LogP contribution in [0.5, 0.6) is 0 Å². The summed E-state index contributed by atoms with van der Waals surface area (Å²) >= 11 is 0. The number of amides is 1. The Morgan fingerprint density at radius 2 is 1.68 bits per heavy atom. The van der Waals surface area contributed by atoms with Crippen molar-refractivity contribution in [3.05, 3.63) is 69.9 Å². The number of rotatable bonds is 2. The Bertz CT molecular complexity index is 1080. The number of ether oxygens (including phenoxy) is 1. The first-order valence-electron chi connectivity index (χ1n) is 9.52. The van der Waals surface area contributed by atoms with E-state index in [0.29, 0.717) is 40.9 Å². The molecule has 1 aliphatic rings. The van der Waals surface area contributed by atoms with Crippen molar-refractivity contribution in [3.8, 4) is 11.3 Å². The molecule has 0 N–H and O–H groups in total. The molecule has 0 radical (unpaired) electrons. The molecular weight excluding hydrogens is 354 g/mol. The Morgan fingerprint density at radius 1 is 1.00 bits per heavy atom. The topological polar surface area (TPSA) is 59.8 Å². The van der Waals surface area contributed by atoms with Crippen LogP contribution in [0.4, 0.5) is 0 Å². The second kappa shape index (κ2) is 7.24. The highest BCUT2D eigenvalue weighted by Crippen LogP contribution is 2.28. The standard InChI is InChI=1S/C23H23NO4/c1-14-12-24(13-15(2)27-14)23(26)19-11-7-10-18-20(25)16(3)21(28-22(18)19)17-8-5-4-6-9-17/h4-11,14-15H,12-13H2,1-3H3. The van der Waals surface area contributed by atoms with E-state index in [9.17, 15) is 9.59 Å². The molecule has 2 heterocycles. The molecule has 1 saturated heterocycles. The van der Waals surface area contributed by atoms with E-state index in [1.165, 1.54) is 0 Å². The number of hydrogen-bond acceptors (Lipinski definition) is 4. The lowest BCUT2D eigenvalue weighted by atomic mass is 10.0. The van der Waals surface area contributed by atoms with E-state index in [-0.39, 0.29) is 23.5 Å². The normalized spacial score (nSPS) is 19.8. The van der Waals surface area contributed by atoms with Crippen LogP contribution < -0.4 is 5.43 Å². The third-order valence-corrected chi connectivity index (χ3v) is 5.12. The number of para-hydroxylation sites is 1.